The van der Waals surface area contributed by atoms with Crippen LogP contribution in [0.5, 0.6) is 5.75 Å². The van der Waals surface area contributed by atoms with Crippen molar-refractivity contribution in [2.45, 2.75) is 38.8 Å². The topological polar surface area (TPSA) is 67.6 Å². The Hall–Kier alpha value is -3.71. The van der Waals surface area contributed by atoms with Gasteiger partial charge in [0.2, 0.25) is 5.91 Å². The number of para-hydroxylation sites is 2. The first-order valence-corrected chi connectivity index (χ1v) is 11.8. The molecular formula is C28H28FN3O3. The molecule has 1 fully saturated rings. The highest BCUT2D eigenvalue weighted by atomic mass is 19.1. The maximum Gasteiger partial charge on any atom is 0.227 e. The van der Waals surface area contributed by atoms with Crippen LogP contribution in [-0.4, -0.2) is 39.8 Å². The maximum absolute atomic E-state index is 13.4. The van der Waals surface area contributed by atoms with Crippen LogP contribution in [0.3, 0.4) is 0 Å². The summed E-state index contributed by atoms with van der Waals surface area (Å²) in [7, 11) is 0. The Bertz CT molecular complexity index is 1350. The minimum Gasteiger partial charge on any atom is -0.491 e. The zero-order chi connectivity index (χ0) is 24.5. The Labute approximate surface area is 203 Å². The predicted octanol–water partition coefficient (Wildman–Crippen LogP) is 4.75. The molecule has 7 heteroatoms. The average Bonchev–Trinajstić information content (AvgIpc) is 3.38. The minimum absolute atomic E-state index is 0.0288. The number of carbonyl (C=O) groups excluding carboxylic acids is 1. The van der Waals surface area contributed by atoms with Crippen molar-refractivity contribution in [1.82, 2.24) is 9.55 Å². The molecule has 35 heavy (non-hydrogen) atoms. The minimum atomic E-state index is -0.766. The van der Waals surface area contributed by atoms with Crippen molar-refractivity contribution in [1.29, 1.82) is 0 Å². The molecule has 1 aliphatic rings. The Kier molecular flexibility index (Phi) is 6.26. The van der Waals surface area contributed by atoms with Crippen molar-refractivity contribution in [2.24, 2.45) is 0 Å². The van der Waals surface area contributed by atoms with Crippen molar-refractivity contribution in [3.63, 3.8) is 0 Å². The first-order valence-electron chi connectivity index (χ1n) is 11.8. The fourth-order valence-electron chi connectivity index (χ4n) is 4.82. The van der Waals surface area contributed by atoms with E-state index in [0.717, 1.165) is 33.7 Å². The van der Waals surface area contributed by atoms with E-state index in [1.165, 1.54) is 12.1 Å². The number of rotatable bonds is 7. The number of nitrogens with zero attached hydrogens (tertiary/aromatic N) is 3. The molecule has 0 spiro atoms. The summed E-state index contributed by atoms with van der Waals surface area (Å²) >= 11 is 0. The summed E-state index contributed by atoms with van der Waals surface area (Å²) in [5.74, 6) is 0.977. The molecule has 2 heterocycles. The number of fused-ring (bicyclic) bond motifs is 1. The number of anilines is 1. The standard InChI is InChI=1S/C28H28FN3O3/c1-18-11-19(2)13-24(12-18)35-17-23(33)16-32-26-6-4-3-5-25(26)30-28(32)20-14-27(34)31(15-20)22-9-7-21(29)8-10-22/h3-13,20,23,33H,14-17H2,1-2H3/t20-,23-/m0/s1. The normalized spacial score (nSPS) is 16.7. The van der Waals surface area contributed by atoms with Gasteiger partial charge in [0, 0.05) is 24.6 Å². The van der Waals surface area contributed by atoms with Gasteiger partial charge in [-0.25, -0.2) is 9.37 Å². The Morgan fingerprint density at radius 2 is 1.80 bits per heavy atom. The number of ether oxygens (including phenoxy) is 1. The van der Waals surface area contributed by atoms with Gasteiger partial charge >= 0.3 is 0 Å². The van der Waals surface area contributed by atoms with Gasteiger partial charge in [-0.1, -0.05) is 18.2 Å². The van der Waals surface area contributed by atoms with E-state index in [1.54, 1.807) is 17.0 Å². The van der Waals surface area contributed by atoms with Crippen molar-refractivity contribution in [3.8, 4) is 5.75 Å². The van der Waals surface area contributed by atoms with Crippen LogP contribution in [-0.2, 0) is 11.3 Å². The van der Waals surface area contributed by atoms with Gasteiger partial charge in [-0.05, 0) is 73.5 Å². The molecule has 1 aromatic heterocycles. The first-order chi connectivity index (χ1) is 16.9. The zero-order valence-corrected chi connectivity index (χ0v) is 19.8. The SMILES string of the molecule is Cc1cc(C)cc(OC[C@@H](O)Cn2c([C@H]3CC(=O)N(c4ccc(F)cc4)C3)nc3ccccc32)c1. The van der Waals surface area contributed by atoms with Gasteiger partial charge in [0.1, 0.15) is 30.1 Å². The molecule has 1 aliphatic heterocycles. The number of imidazole rings is 1. The summed E-state index contributed by atoms with van der Waals surface area (Å²) in [5, 5.41) is 10.9. The van der Waals surface area contributed by atoms with Crippen LogP contribution in [0.1, 0.15) is 29.3 Å². The number of hydrogen-bond acceptors (Lipinski definition) is 4. The summed E-state index contributed by atoms with van der Waals surface area (Å²) in [4.78, 5) is 19.3. The van der Waals surface area contributed by atoms with Gasteiger partial charge in [-0.2, -0.15) is 0 Å². The fraction of sp³-hybridized carbons (Fsp3) is 0.286. The molecule has 2 atom stereocenters. The lowest BCUT2D eigenvalue weighted by Crippen LogP contribution is -2.26. The van der Waals surface area contributed by atoms with Gasteiger partial charge in [0.05, 0.1) is 17.6 Å². The van der Waals surface area contributed by atoms with E-state index in [0.29, 0.717) is 25.2 Å². The number of benzene rings is 3. The number of aliphatic hydroxyl groups excluding tert-OH is 1. The van der Waals surface area contributed by atoms with E-state index < -0.39 is 6.10 Å². The Morgan fingerprint density at radius 1 is 1.09 bits per heavy atom. The number of halogens is 1. The predicted molar refractivity (Wildman–Crippen MR) is 133 cm³/mol. The van der Waals surface area contributed by atoms with Gasteiger partial charge in [-0.15, -0.1) is 0 Å². The molecule has 0 radical (unpaired) electrons. The first kappa shape index (κ1) is 23.1. The lowest BCUT2D eigenvalue weighted by molar-refractivity contribution is -0.117. The lowest BCUT2D eigenvalue weighted by atomic mass is 10.1. The van der Waals surface area contributed by atoms with Crippen LogP contribution in [0.4, 0.5) is 10.1 Å². The summed E-state index contributed by atoms with van der Waals surface area (Å²) in [5.41, 5.74) is 4.60. The number of aromatic nitrogens is 2. The molecular weight excluding hydrogens is 445 g/mol. The molecule has 5 rings (SSSR count). The molecule has 0 bridgehead atoms. The average molecular weight is 474 g/mol. The van der Waals surface area contributed by atoms with E-state index in [1.807, 2.05) is 54.8 Å². The number of amides is 1. The van der Waals surface area contributed by atoms with Gasteiger partial charge in [0.25, 0.3) is 0 Å². The second-order valence-corrected chi connectivity index (χ2v) is 9.24. The summed E-state index contributed by atoms with van der Waals surface area (Å²) in [6.45, 7) is 4.90. The molecule has 0 unspecified atom stereocenters. The quantitative estimate of drug-likeness (QED) is 0.421. The highest BCUT2D eigenvalue weighted by Gasteiger charge is 2.35. The van der Waals surface area contributed by atoms with Crippen LogP contribution in [0.25, 0.3) is 11.0 Å². The van der Waals surface area contributed by atoms with E-state index in [9.17, 15) is 14.3 Å². The van der Waals surface area contributed by atoms with Crippen molar-refractivity contribution < 1.29 is 19.0 Å². The molecule has 4 aromatic rings. The van der Waals surface area contributed by atoms with Crippen LogP contribution < -0.4 is 9.64 Å². The summed E-state index contributed by atoms with van der Waals surface area (Å²) < 4.78 is 21.2. The summed E-state index contributed by atoms with van der Waals surface area (Å²) in [6, 6.07) is 19.7. The van der Waals surface area contributed by atoms with E-state index in [-0.39, 0.29) is 24.2 Å². The fourth-order valence-corrected chi connectivity index (χ4v) is 4.82. The molecule has 1 amide bonds. The number of aryl methyl sites for hydroxylation is 2. The van der Waals surface area contributed by atoms with Crippen molar-refractivity contribution in [2.75, 3.05) is 18.1 Å². The molecule has 0 aliphatic carbocycles. The van der Waals surface area contributed by atoms with Gasteiger partial charge < -0.3 is 19.3 Å². The number of hydrogen-bond donors (Lipinski definition) is 1. The van der Waals surface area contributed by atoms with Crippen molar-refractivity contribution in [3.05, 3.63) is 89.5 Å². The highest BCUT2D eigenvalue weighted by Crippen LogP contribution is 2.33. The van der Waals surface area contributed by atoms with Crippen LogP contribution >= 0.6 is 0 Å². The second kappa shape index (κ2) is 9.50. The van der Waals surface area contributed by atoms with Gasteiger partial charge in [-0.3, -0.25) is 4.79 Å². The third kappa shape index (κ3) is 4.91. The molecule has 3 aromatic carbocycles. The summed E-state index contributed by atoms with van der Waals surface area (Å²) in [6.07, 6.45) is -0.465. The lowest BCUT2D eigenvalue weighted by Gasteiger charge is -2.19. The Morgan fingerprint density at radius 3 is 2.54 bits per heavy atom. The molecule has 180 valence electrons. The molecule has 1 N–H and O–H groups in total. The number of carbonyl (C=O) groups is 1. The molecule has 0 saturated carbocycles. The maximum atomic E-state index is 13.4. The van der Waals surface area contributed by atoms with E-state index in [2.05, 4.69) is 6.07 Å². The molecule has 6 nitrogen and oxygen atoms in total. The third-order valence-electron chi connectivity index (χ3n) is 6.34. The molecule has 1 saturated heterocycles. The zero-order valence-electron chi connectivity index (χ0n) is 19.8. The number of aliphatic hydroxyl groups is 1. The van der Waals surface area contributed by atoms with Crippen LogP contribution in [0, 0.1) is 19.7 Å². The third-order valence-corrected chi connectivity index (χ3v) is 6.34. The van der Waals surface area contributed by atoms with Crippen molar-refractivity contribution >= 4 is 22.6 Å². The smallest absolute Gasteiger partial charge is 0.227 e. The van der Waals surface area contributed by atoms with Crippen LogP contribution in [0.15, 0.2) is 66.7 Å². The van der Waals surface area contributed by atoms with E-state index >= 15 is 0 Å². The van der Waals surface area contributed by atoms with Crippen LogP contribution in [0.2, 0.25) is 0 Å². The highest BCUT2D eigenvalue weighted by molar-refractivity contribution is 5.96. The van der Waals surface area contributed by atoms with E-state index in [4.69, 9.17) is 9.72 Å². The van der Waals surface area contributed by atoms with Gasteiger partial charge in [0.15, 0.2) is 0 Å². The second-order valence-electron chi connectivity index (χ2n) is 9.24. The monoisotopic (exact) mass is 473 g/mol. The Balaban J connectivity index is 1.37. The largest absolute Gasteiger partial charge is 0.491 e.